The van der Waals surface area contributed by atoms with Crippen LogP contribution in [0.15, 0.2) is 108 Å². The van der Waals surface area contributed by atoms with Gasteiger partial charge >= 0.3 is 6.18 Å². The van der Waals surface area contributed by atoms with Crippen LogP contribution in [0.5, 0.6) is 0 Å². The molecule has 0 radical (unpaired) electrons. The number of aromatic nitrogens is 2. The Morgan fingerprint density at radius 3 is 2.30 bits per heavy atom. The maximum atomic E-state index is 14.0. The van der Waals surface area contributed by atoms with Gasteiger partial charge in [-0.2, -0.15) is 13.2 Å². The average Bonchev–Trinajstić information content (AvgIpc) is 3.01. The van der Waals surface area contributed by atoms with Crippen LogP contribution in [0.1, 0.15) is 24.4 Å². The molecule has 0 aliphatic carbocycles. The monoisotopic (exact) mass is 603 g/mol. The van der Waals surface area contributed by atoms with Crippen molar-refractivity contribution in [1.29, 1.82) is 0 Å². The van der Waals surface area contributed by atoms with E-state index >= 15 is 0 Å². The van der Waals surface area contributed by atoms with Crippen molar-refractivity contribution in [2.75, 3.05) is 19.8 Å². The Morgan fingerprint density at radius 2 is 1.57 bits per heavy atom. The zero-order valence-corrected chi connectivity index (χ0v) is 23.8. The number of amides is 1. The standard InChI is InChI=1S/C34H29F4N3O3/c1-23(32-39-30-14-8-7-13-29(30)33(43)41(32)27-17-15-26(35)16-18-27)40(19-20-44-22-34(36,37)38)31(42)21-25-11-5-6-12-28(25)24-9-3-2-4-10-24/h2-18,23H,19-22H2,1H3. The van der Waals surface area contributed by atoms with E-state index in [-0.39, 0.29) is 18.8 Å². The highest BCUT2D eigenvalue weighted by Gasteiger charge is 2.30. The number of nitrogens with zero attached hydrogens (tertiary/aromatic N) is 3. The SMILES string of the molecule is CC(c1nc2ccccc2c(=O)n1-c1ccc(F)cc1)N(CCOCC(F)(F)F)C(=O)Cc1ccccc1-c1ccccc1. The Kier molecular flexibility index (Phi) is 9.20. The van der Waals surface area contributed by atoms with Crippen LogP contribution in [0, 0.1) is 5.82 Å². The number of para-hydroxylation sites is 1. The summed E-state index contributed by atoms with van der Waals surface area (Å²) in [6.07, 6.45) is -4.60. The molecule has 1 unspecified atom stereocenters. The van der Waals surface area contributed by atoms with Crippen LogP contribution in [0.2, 0.25) is 0 Å². The van der Waals surface area contributed by atoms with Gasteiger partial charge in [0.05, 0.1) is 35.7 Å². The van der Waals surface area contributed by atoms with Crippen LogP contribution >= 0.6 is 0 Å². The predicted molar refractivity (Wildman–Crippen MR) is 160 cm³/mol. The van der Waals surface area contributed by atoms with Crippen LogP contribution in [-0.4, -0.2) is 46.3 Å². The number of benzene rings is 4. The third-order valence-electron chi connectivity index (χ3n) is 7.23. The highest BCUT2D eigenvalue weighted by atomic mass is 19.4. The first kappa shape index (κ1) is 30.6. The molecule has 1 amide bonds. The minimum atomic E-state index is -4.53. The number of hydrogen-bond donors (Lipinski definition) is 0. The quantitative estimate of drug-likeness (QED) is 0.129. The van der Waals surface area contributed by atoms with E-state index in [2.05, 4.69) is 0 Å². The molecule has 0 saturated carbocycles. The average molecular weight is 604 g/mol. The lowest BCUT2D eigenvalue weighted by Crippen LogP contribution is -2.40. The molecule has 1 heterocycles. The molecule has 0 aliphatic rings. The van der Waals surface area contributed by atoms with E-state index in [0.717, 1.165) is 16.7 Å². The summed E-state index contributed by atoms with van der Waals surface area (Å²) in [5.41, 5.74) is 2.75. The Bertz CT molecular complexity index is 1810. The van der Waals surface area contributed by atoms with Crippen LogP contribution in [0.3, 0.4) is 0 Å². The fraction of sp³-hybridized carbons (Fsp3) is 0.206. The number of carbonyl (C=O) groups excluding carboxylic acids is 1. The van der Waals surface area contributed by atoms with Gasteiger partial charge in [-0.1, -0.05) is 66.7 Å². The second kappa shape index (κ2) is 13.2. The normalized spacial score (nSPS) is 12.3. The molecule has 0 saturated heterocycles. The van der Waals surface area contributed by atoms with E-state index in [1.54, 1.807) is 31.2 Å². The molecule has 5 aromatic rings. The molecule has 6 nitrogen and oxygen atoms in total. The van der Waals surface area contributed by atoms with E-state index < -0.39 is 42.7 Å². The van der Waals surface area contributed by atoms with E-state index in [1.807, 2.05) is 54.6 Å². The number of rotatable bonds is 10. The first-order valence-corrected chi connectivity index (χ1v) is 14.0. The van der Waals surface area contributed by atoms with Gasteiger partial charge in [-0.3, -0.25) is 14.2 Å². The topological polar surface area (TPSA) is 64.4 Å². The summed E-state index contributed by atoms with van der Waals surface area (Å²) in [7, 11) is 0. The first-order chi connectivity index (χ1) is 21.1. The smallest absolute Gasteiger partial charge is 0.370 e. The van der Waals surface area contributed by atoms with Crippen LogP contribution in [0.25, 0.3) is 27.7 Å². The fourth-order valence-electron chi connectivity index (χ4n) is 5.13. The maximum Gasteiger partial charge on any atom is 0.411 e. The van der Waals surface area contributed by atoms with Crippen LogP contribution in [0.4, 0.5) is 17.6 Å². The van der Waals surface area contributed by atoms with E-state index in [9.17, 15) is 27.2 Å². The molecule has 44 heavy (non-hydrogen) atoms. The van der Waals surface area contributed by atoms with Gasteiger partial charge in [0.1, 0.15) is 18.2 Å². The largest absolute Gasteiger partial charge is 0.411 e. The van der Waals surface area contributed by atoms with Gasteiger partial charge in [0, 0.05) is 6.54 Å². The van der Waals surface area contributed by atoms with Crippen molar-refractivity contribution in [3.63, 3.8) is 0 Å². The summed E-state index contributed by atoms with van der Waals surface area (Å²) in [5.74, 6) is -0.730. The Morgan fingerprint density at radius 1 is 0.909 bits per heavy atom. The Hall–Kier alpha value is -4.83. The van der Waals surface area contributed by atoms with Gasteiger partial charge in [-0.05, 0) is 60.0 Å². The lowest BCUT2D eigenvalue weighted by molar-refractivity contribution is -0.175. The molecule has 0 aliphatic heterocycles. The number of alkyl halides is 3. The van der Waals surface area contributed by atoms with Crippen LogP contribution < -0.4 is 5.56 Å². The summed E-state index contributed by atoms with van der Waals surface area (Å²) in [6.45, 7) is -0.407. The fourth-order valence-corrected chi connectivity index (χ4v) is 5.13. The zero-order valence-electron chi connectivity index (χ0n) is 23.8. The first-order valence-electron chi connectivity index (χ1n) is 14.0. The summed E-state index contributed by atoms with van der Waals surface area (Å²) < 4.78 is 58.5. The molecule has 0 spiro atoms. The number of halogens is 4. The molecule has 1 atom stereocenters. The van der Waals surface area contributed by atoms with Gasteiger partial charge in [0.15, 0.2) is 0 Å². The lowest BCUT2D eigenvalue weighted by Gasteiger charge is -2.31. The molecular formula is C34H29F4N3O3. The minimum Gasteiger partial charge on any atom is -0.370 e. The van der Waals surface area contributed by atoms with E-state index in [4.69, 9.17) is 9.72 Å². The van der Waals surface area contributed by atoms with Gasteiger partial charge in [-0.15, -0.1) is 0 Å². The summed E-state index contributed by atoms with van der Waals surface area (Å²) in [5, 5.41) is 0.316. The molecule has 0 N–H and O–H groups in total. The Balaban J connectivity index is 1.56. The van der Waals surface area contributed by atoms with Gasteiger partial charge in [-0.25, -0.2) is 9.37 Å². The van der Waals surface area contributed by atoms with Crippen molar-refractivity contribution in [3.8, 4) is 16.8 Å². The Labute approximate surface area is 251 Å². The van der Waals surface area contributed by atoms with E-state index in [0.29, 0.717) is 16.6 Å². The molecule has 4 aromatic carbocycles. The molecule has 0 bridgehead atoms. The van der Waals surface area contributed by atoms with Gasteiger partial charge < -0.3 is 9.64 Å². The number of carbonyl (C=O) groups is 1. The van der Waals surface area contributed by atoms with Crippen LogP contribution in [-0.2, 0) is 16.0 Å². The van der Waals surface area contributed by atoms with Gasteiger partial charge in [0.25, 0.3) is 5.56 Å². The van der Waals surface area contributed by atoms with Crippen molar-refractivity contribution >= 4 is 16.8 Å². The minimum absolute atomic E-state index is 0.0664. The molecule has 10 heteroatoms. The van der Waals surface area contributed by atoms with Crippen molar-refractivity contribution in [2.24, 2.45) is 0 Å². The van der Waals surface area contributed by atoms with Crippen molar-refractivity contribution < 1.29 is 27.1 Å². The van der Waals surface area contributed by atoms with E-state index in [1.165, 1.54) is 33.7 Å². The molecule has 1 aromatic heterocycles. The molecule has 5 rings (SSSR count). The van der Waals surface area contributed by atoms with Crippen molar-refractivity contribution in [2.45, 2.75) is 25.6 Å². The number of ether oxygens (including phenoxy) is 1. The zero-order chi connectivity index (χ0) is 31.3. The third kappa shape index (κ3) is 7.03. The summed E-state index contributed by atoms with van der Waals surface area (Å²) in [4.78, 5) is 33.9. The third-order valence-corrected chi connectivity index (χ3v) is 7.23. The molecule has 0 fully saturated rings. The number of fused-ring (bicyclic) bond motifs is 1. The summed E-state index contributed by atoms with van der Waals surface area (Å²) >= 11 is 0. The lowest BCUT2D eigenvalue weighted by atomic mass is 9.97. The maximum absolute atomic E-state index is 14.0. The number of hydrogen-bond acceptors (Lipinski definition) is 4. The molecular weight excluding hydrogens is 574 g/mol. The van der Waals surface area contributed by atoms with Gasteiger partial charge in [0.2, 0.25) is 5.91 Å². The highest BCUT2D eigenvalue weighted by molar-refractivity contribution is 5.83. The summed E-state index contributed by atoms with van der Waals surface area (Å²) in [6, 6.07) is 28.0. The molecule has 226 valence electrons. The second-order valence-electron chi connectivity index (χ2n) is 10.2. The van der Waals surface area contributed by atoms with Crippen molar-refractivity contribution in [3.05, 3.63) is 131 Å². The van der Waals surface area contributed by atoms with Crippen molar-refractivity contribution in [1.82, 2.24) is 14.5 Å². The second-order valence-corrected chi connectivity index (χ2v) is 10.2. The highest BCUT2D eigenvalue weighted by Crippen LogP contribution is 2.27. The predicted octanol–water partition coefficient (Wildman–Crippen LogP) is 6.90.